The number of nitrogens with zero attached hydrogens (tertiary/aromatic N) is 4. The van der Waals surface area contributed by atoms with Gasteiger partial charge in [0.25, 0.3) is 17.6 Å². The summed E-state index contributed by atoms with van der Waals surface area (Å²) < 4.78 is 0.459. The Morgan fingerprint density at radius 2 is 0.973 bits per heavy atom. The number of likely N-dealkylation sites (N-methyl/N-ethyl adjacent to an activating group) is 2. The van der Waals surface area contributed by atoms with Gasteiger partial charge in [-0.1, -0.05) is 7.43 Å². The van der Waals surface area contributed by atoms with Crippen molar-refractivity contribution in [2.24, 2.45) is 35.1 Å². The summed E-state index contributed by atoms with van der Waals surface area (Å²) >= 11 is 1.92. The highest BCUT2D eigenvalue weighted by molar-refractivity contribution is 14.1. The van der Waals surface area contributed by atoms with E-state index >= 15 is 0 Å². The maximum Gasteiger partial charge on any atom is 0.377 e. The van der Waals surface area contributed by atoms with Crippen molar-refractivity contribution in [2.45, 2.75) is 56.4 Å². The summed E-state index contributed by atoms with van der Waals surface area (Å²) in [6.07, 6.45) is 0.213. The van der Waals surface area contributed by atoms with Crippen molar-refractivity contribution in [3.05, 3.63) is 77.3 Å². The van der Waals surface area contributed by atoms with E-state index < -0.39 is 145 Å². The number of Topliss-reactive ketones (excluding diaryl/α,β-unsaturated/α-hetero) is 5. The van der Waals surface area contributed by atoms with Crippen molar-refractivity contribution in [3.8, 4) is 11.5 Å². The summed E-state index contributed by atoms with van der Waals surface area (Å²) in [4.78, 5) is 108. The third kappa shape index (κ3) is 8.15. The Hall–Kier alpha value is -6.91. The van der Waals surface area contributed by atoms with Gasteiger partial charge in [0.05, 0.1) is 32.3 Å². The number of benzene rings is 2. The van der Waals surface area contributed by atoms with E-state index in [9.17, 15) is 84.3 Å². The first kappa shape index (κ1) is 58.0. The number of phenols is 2. The van der Waals surface area contributed by atoms with Gasteiger partial charge in [-0.3, -0.25) is 43.4 Å². The molecule has 25 heteroatoms. The minimum absolute atomic E-state index is 0. The second kappa shape index (κ2) is 19.7. The van der Waals surface area contributed by atoms with Gasteiger partial charge in [-0.2, -0.15) is 0 Å². The largest absolute Gasteiger partial charge is 0.508 e. The van der Waals surface area contributed by atoms with E-state index in [4.69, 9.17) is 11.5 Å². The summed E-state index contributed by atoms with van der Waals surface area (Å²) in [5.74, 6) is -18.2. The zero-order chi connectivity index (χ0) is 54.0. The van der Waals surface area contributed by atoms with Gasteiger partial charge < -0.3 is 72.7 Å². The number of amides is 2. The van der Waals surface area contributed by atoms with Gasteiger partial charge in [0.2, 0.25) is 11.6 Å². The number of hydrogen-bond acceptors (Lipinski definition) is 20. The number of aliphatic hydroxyl groups excluding tert-OH is 4. The SMILES string of the molecule is C.CN(C)c1cc(C(=O)C(=O)O)c(O)c2c1C[C@H]1C[C@H]3[C@H](N(C)C)C(=O)C(C(N)=O)=C(O)[C@@]3(O)C(=O)C1=C2O.CN(C)c1cc(I)c(O)c2c1CC1CC3[C@H](N(C)C)C(=O)C(C(N)=O)=C(O)[C@@]3(O)C(=O)C1=C2O.O. The summed E-state index contributed by atoms with van der Waals surface area (Å²) in [6, 6.07) is 0.624. The Balaban J connectivity index is 0.000000268. The second-order valence-corrected chi connectivity index (χ2v) is 20.7. The van der Waals surface area contributed by atoms with Gasteiger partial charge in [-0.25, -0.2) is 4.79 Å². The van der Waals surface area contributed by atoms with E-state index in [-0.39, 0.29) is 61.0 Å². The molecule has 2 aromatic rings. The first-order valence-electron chi connectivity index (χ1n) is 22.2. The number of primary amides is 2. The van der Waals surface area contributed by atoms with Crippen LogP contribution in [-0.4, -0.2) is 188 Å². The quantitative estimate of drug-likeness (QED) is 0.0702. The van der Waals surface area contributed by atoms with Crippen LogP contribution >= 0.6 is 22.6 Å². The minimum atomic E-state index is -2.81. The number of carboxylic acids is 1. The molecule has 0 bridgehead atoms. The molecule has 0 radical (unpaired) electrons. The number of aliphatic hydroxyl groups is 6. The summed E-state index contributed by atoms with van der Waals surface area (Å²) in [5.41, 5.74) is 3.94. The number of aliphatic carboxylic acids is 1. The molecule has 24 nitrogen and oxygen atoms in total. The van der Waals surface area contributed by atoms with Crippen LogP contribution in [0.2, 0.25) is 0 Å². The third-order valence-corrected chi connectivity index (χ3v) is 15.6. The Bertz CT molecular complexity index is 3030. The molecule has 0 aliphatic heterocycles. The predicted molar refractivity (Wildman–Crippen MR) is 272 cm³/mol. The van der Waals surface area contributed by atoms with Crippen molar-refractivity contribution < 1.29 is 89.8 Å². The lowest BCUT2D eigenvalue weighted by molar-refractivity contribution is -0.155. The van der Waals surface area contributed by atoms with E-state index in [0.29, 0.717) is 20.4 Å². The average molecular weight is 1150 g/mol. The van der Waals surface area contributed by atoms with Crippen LogP contribution in [0.15, 0.2) is 45.9 Å². The monoisotopic (exact) mass is 1150 g/mol. The van der Waals surface area contributed by atoms with Crippen LogP contribution in [0.25, 0.3) is 11.5 Å². The lowest BCUT2D eigenvalue weighted by Crippen LogP contribution is -2.65. The Labute approximate surface area is 436 Å². The summed E-state index contributed by atoms with van der Waals surface area (Å²) in [7, 11) is 13.0. The van der Waals surface area contributed by atoms with Crippen LogP contribution in [0.5, 0.6) is 11.5 Å². The van der Waals surface area contributed by atoms with Crippen LogP contribution in [0.1, 0.15) is 52.9 Å². The first-order chi connectivity index (χ1) is 33.3. The number of carbonyl (C=O) groups excluding carboxylic acids is 7. The maximum atomic E-state index is 13.8. The predicted octanol–water partition coefficient (Wildman–Crippen LogP) is -0.257. The number of phenolic OH excluding ortho intramolecular Hbond substituents is 2. The van der Waals surface area contributed by atoms with Crippen LogP contribution in [0, 0.1) is 27.2 Å². The lowest BCUT2D eigenvalue weighted by atomic mass is 9.57. The van der Waals surface area contributed by atoms with Crippen LogP contribution in [0.4, 0.5) is 11.4 Å². The van der Waals surface area contributed by atoms with E-state index in [0.717, 1.165) is 5.69 Å². The van der Waals surface area contributed by atoms with Crippen molar-refractivity contribution in [1.82, 2.24) is 9.80 Å². The molecule has 2 amide bonds. The summed E-state index contributed by atoms with van der Waals surface area (Å²) in [5, 5.41) is 98.3. The fraction of sp³-hybridized carbons (Fsp3) is 0.429. The maximum absolute atomic E-state index is 13.8. The highest BCUT2D eigenvalue weighted by atomic mass is 127. The van der Waals surface area contributed by atoms with E-state index in [2.05, 4.69) is 0 Å². The highest BCUT2D eigenvalue weighted by Gasteiger charge is 2.66. The Kier molecular flexibility index (Phi) is 15.5. The van der Waals surface area contributed by atoms with E-state index in [1.54, 1.807) is 34.3 Å². The number of fused-ring (bicyclic) bond motifs is 6. The van der Waals surface area contributed by atoms with Crippen molar-refractivity contribution in [1.29, 1.82) is 0 Å². The Morgan fingerprint density at radius 3 is 1.30 bits per heavy atom. The fourth-order valence-electron chi connectivity index (χ4n) is 11.6. The van der Waals surface area contributed by atoms with Gasteiger partial charge in [0.15, 0.2) is 22.8 Å². The molecule has 6 aliphatic carbocycles. The number of rotatable bonds is 8. The minimum Gasteiger partial charge on any atom is -0.508 e. The topological polar surface area (TPSA) is 415 Å². The summed E-state index contributed by atoms with van der Waals surface area (Å²) in [6.45, 7) is 0. The molecule has 8 atom stereocenters. The fourth-order valence-corrected chi connectivity index (χ4v) is 12.2. The van der Waals surface area contributed by atoms with Crippen molar-refractivity contribution in [2.75, 3.05) is 66.2 Å². The normalized spacial score (nSPS) is 26.8. The first-order valence-corrected chi connectivity index (χ1v) is 23.2. The molecule has 0 spiro atoms. The molecule has 2 unspecified atom stereocenters. The number of aromatic hydroxyl groups is 2. The molecule has 2 saturated carbocycles. The molecule has 0 heterocycles. The number of nitrogens with two attached hydrogens (primary N) is 2. The number of anilines is 2. The molecule has 2 aromatic carbocycles. The zero-order valence-electron chi connectivity index (χ0n) is 40.6. The molecule has 15 N–H and O–H groups in total. The van der Waals surface area contributed by atoms with Crippen molar-refractivity contribution >= 4 is 92.2 Å². The van der Waals surface area contributed by atoms with E-state index in [1.807, 2.05) is 41.6 Å². The van der Waals surface area contributed by atoms with E-state index in [1.165, 1.54) is 34.9 Å². The van der Waals surface area contributed by atoms with Gasteiger partial charge in [-0.15, -0.1) is 0 Å². The number of hydrogen-bond donors (Lipinski definition) is 11. The molecular weight excluding hydrogens is 1090 g/mol. The third-order valence-electron chi connectivity index (χ3n) is 14.8. The van der Waals surface area contributed by atoms with Crippen LogP contribution in [0.3, 0.4) is 0 Å². The molecular formula is C49H59IN6O18. The smallest absolute Gasteiger partial charge is 0.377 e. The van der Waals surface area contributed by atoms with Crippen molar-refractivity contribution in [3.63, 3.8) is 0 Å². The Morgan fingerprint density at radius 1 is 0.622 bits per heavy atom. The lowest BCUT2D eigenvalue weighted by Gasteiger charge is -2.50. The number of halogens is 1. The van der Waals surface area contributed by atoms with Crippen LogP contribution < -0.4 is 21.3 Å². The number of carboxylic acid groups (broad SMARTS) is 1. The van der Waals surface area contributed by atoms with Gasteiger partial charge >= 0.3 is 5.97 Å². The zero-order valence-corrected chi connectivity index (χ0v) is 42.7. The van der Waals surface area contributed by atoms with Gasteiger partial charge in [0.1, 0.15) is 45.7 Å². The molecule has 0 aromatic heterocycles. The standard InChI is InChI=1S/C25H27N3O10.C23H26IN3O7.CH4.H2O/c1-27(2)12-7-10(18(30)24(36)37)17(29)14-9(12)5-8-6-11-16(28(3)4)20(32)15(23(26)35)22(34)25(11,38)21(33)13(8)19(14)31;1-26(2)12-7-11(24)17(28)14-9(12)5-8-6-10-16(27(3)4)19(30)15(22(25)33)21(32)23(10,34)20(31)13(8)18(14)29;;/h7-8,11,16,29,31,34,38H,5-6H2,1-4H3,(H2,26,35)(H,36,37);7-8,10,16,28-29,32,34H,5-6H2,1-4H3,(H2,25,33);1H4;1H2/t8-,11-,16-,25-;8?,10?,16-,23-;;/m00../s1. The molecule has 8 rings (SSSR count). The molecule has 6 aliphatic rings. The molecule has 400 valence electrons. The number of carbonyl (C=O) groups is 8. The number of ketones is 5. The second-order valence-electron chi connectivity index (χ2n) is 19.6. The molecule has 2 fully saturated rings. The molecule has 74 heavy (non-hydrogen) atoms. The van der Waals surface area contributed by atoms with Gasteiger partial charge in [-0.05, 0) is 112 Å². The highest BCUT2D eigenvalue weighted by Crippen LogP contribution is 2.56. The molecule has 0 saturated heterocycles. The van der Waals surface area contributed by atoms with Crippen LogP contribution in [-0.2, 0) is 46.4 Å². The average Bonchev–Trinajstić information content (AvgIpc) is 3.26. The van der Waals surface area contributed by atoms with Gasteiger partial charge in [0, 0.05) is 62.5 Å².